The smallest absolute Gasteiger partial charge is 0.335 e. The fourth-order valence-corrected chi connectivity index (χ4v) is 4.95. The maximum Gasteiger partial charge on any atom is 0.335 e. The molecule has 2 aliphatic heterocycles. The first kappa shape index (κ1) is 15.6. The van der Waals surface area contributed by atoms with Crippen molar-refractivity contribution in [3.63, 3.8) is 0 Å². The highest BCUT2D eigenvalue weighted by Crippen LogP contribution is 2.51. The van der Waals surface area contributed by atoms with E-state index in [0.717, 1.165) is 21.6 Å². The summed E-state index contributed by atoms with van der Waals surface area (Å²) in [6.07, 6.45) is 0. The molecule has 1 N–H and O–H groups in total. The molecule has 1 aromatic heterocycles. The van der Waals surface area contributed by atoms with Crippen molar-refractivity contribution in [1.82, 2.24) is 14.9 Å². The van der Waals surface area contributed by atoms with Gasteiger partial charge in [-0.3, -0.25) is 5.01 Å². The van der Waals surface area contributed by atoms with Gasteiger partial charge >= 0.3 is 5.97 Å². The highest BCUT2D eigenvalue weighted by Gasteiger charge is 2.41. The summed E-state index contributed by atoms with van der Waals surface area (Å²) in [7, 11) is 0. The number of aromatic nitrogens is 3. The normalized spacial score (nSPS) is 19.2. The molecule has 6 nitrogen and oxygen atoms in total. The van der Waals surface area contributed by atoms with E-state index in [1.165, 1.54) is 0 Å². The van der Waals surface area contributed by atoms with E-state index in [1.807, 2.05) is 12.1 Å². The molecule has 2 aromatic rings. The van der Waals surface area contributed by atoms with Gasteiger partial charge in [0.05, 0.1) is 5.56 Å². The van der Waals surface area contributed by atoms with Crippen molar-refractivity contribution in [2.45, 2.75) is 36.7 Å². The Morgan fingerprint density at radius 2 is 1.92 bits per heavy atom. The lowest BCUT2D eigenvalue weighted by Crippen LogP contribution is -2.34. The molecule has 0 aliphatic carbocycles. The van der Waals surface area contributed by atoms with Crippen molar-refractivity contribution in [1.29, 1.82) is 0 Å². The van der Waals surface area contributed by atoms with Crippen LogP contribution < -0.4 is 5.01 Å². The lowest BCUT2D eigenvalue weighted by Gasteiger charge is -2.28. The lowest BCUT2D eigenvalue weighted by molar-refractivity contribution is 0.0697. The first-order valence-electron chi connectivity index (χ1n) is 7.48. The fourth-order valence-electron chi connectivity index (χ4n) is 2.72. The minimum absolute atomic E-state index is 0.0497. The summed E-state index contributed by atoms with van der Waals surface area (Å²) in [5.41, 5.74) is 1.23. The van der Waals surface area contributed by atoms with E-state index in [2.05, 4.69) is 46.1 Å². The standard InChI is InChI=1S/C16H16N4O2S2/c1-16(2,3)14-17-18-15-20(14)19-11(24-15)8-23-12(19)9-4-6-10(7-5-9)13(21)22/h4-8,12H,1-3H3,(H,21,22). The molecule has 0 bridgehead atoms. The van der Waals surface area contributed by atoms with Crippen LogP contribution >= 0.6 is 23.5 Å². The quantitative estimate of drug-likeness (QED) is 0.878. The monoisotopic (exact) mass is 360 g/mol. The van der Waals surface area contributed by atoms with Gasteiger partial charge in [-0.25, -0.2) is 9.47 Å². The Kier molecular flexibility index (Phi) is 3.43. The van der Waals surface area contributed by atoms with E-state index in [1.54, 1.807) is 35.7 Å². The molecule has 1 aromatic carbocycles. The second-order valence-corrected chi connectivity index (χ2v) is 8.63. The van der Waals surface area contributed by atoms with Crippen LogP contribution in [0, 0.1) is 0 Å². The molecule has 0 saturated carbocycles. The minimum Gasteiger partial charge on any atom is -0.478 e. The minimum atomic E-state index is -0.910. The van der Waals surface area contributed by atoms with E-state index >= 15 is 0 Å². The number of thioether (sulfide) groups is 2. The third kappa shape index (κ3) is 2.32. The zero-order valence-electron chi connectivity index (χ0n) is 13.4. The summed E-state index contributed by atoms with van der Waals surface area (Å²) in [6.45, 7) is 6.36. The summed E-state index contributed by atoms with van der Waals surface area (Å²) < 4.78 is 2.09. The van der Waals surface area contributed by atoms with E-state index in [0.29, 0.717) is 5.56 Å². The van der Waals surface area contributed by atoms with Crippen molar-refractivity contribution in [2.75, 3.05) is 5.01 Å². The molecule has 0 spiro atoms. The highest BCUT2D eigenvalue weighted by molar-refractivity contribution is 8.07. The Labute approximate surface area is 147 Å². The van der Waals surface area contributed by atoms with Gasteiger partial charge in [-0.2, -0.15) is 0 Å². The summed E-state index contributed by atoms with van der Waals surface area (Å²) in [4.78, 5) is 11.1. The molecule has 4 rings (SSSR count). The van der Waals surface area contributed by atoms with E-state index in [4.69, 9.17) is 5.11 Å². The molecule has 8 heteroatoms. The third-order valence-corrected chi connectivity index (χ3v) is 6.07. The fraction of sp³-hybridized carbons (Fsp3) is 0.312. The van der Waals surface area contributed by atoms with Crippen LogP contribution in [0.4, 0.5) is 0 Å². The molecular formula is C16H16N4O2S2. The number of carboxylic acid groups (broad SMARTS) is 1. The Hall–Kier alpha value is -1.93. The third-order valence-electron chi connectivity index (χ3n) is 3.88. The van der Waals surface area contributed by atoms with E-state index < -0.39 is 5.97 Å². The number of carboxylic acids is 1. The molecule has 1 unspecified atom stereocenters. The summed E-state index contributed by atoms with van der Waals surface area (Å²) in [5.74, 6) is 0.00957. The second-order valence-electron chi connectivity index (χ2n) is 6.69. The average molecular weight is 360 g/mol. The number of fused-ring (bicyclic) bond motifs is 3. The predicted octanol–water partition coefficient (Wildman–Crippen LogP) is 3.56. The van der Waals surface area contributed by atoms with Crippen LogP contribution in [0.15, 0.2) is 39.9 Å². The zero-order valence-corrected chi connectivity index (χ0v) is 15.1. The van der Waals surface area contributed by atoms with Crippen molar-refractivity contribution in [2.24, 2.45) is 0 Å². The number of hydrogen-bond donors (Lipinski definition) is 1. The molecule has 2 aliphatic rings. The zero-order chi connectivity index (χ0) is 17.1. The Morgan fingerprint density at radius 1 is 1.21 bits per heavy atom. The summed E-state index contributed by atoms with van der Waals surface area (Å²) in [6, 6.07) is 7.05. The molecule has 3 heterocycles. The van der Waals surface area contributed by atoms with Gasteiger partial charge in [0.1, 0.15) is 10.4 Å². The van der Waals surface area contributed by atoms with Crippen LogP contribution in [0.5, 0.6) is 0 Å². The summed E-state index contributed by atoms with van der Waals surface area (Å²) >= 11 is 3.32. The van der Waals surface area contributed by atoms with Crippen LogP contribution in [0.25, 0.3) is 0 Å². The van der Waals surface area contributed by atoms with Crippen molar-refractivity contribution < 1.29 is 9.90 Å². The number of benzene rings is 1. The van der Waals surface area contributed by atoms with Crippen LogP contribution in [0.2, 0.25) is 0 Å². The first-order valence-corrected chi connectivity index (χ1v) is 9.24. The van der Waals surface area contributed by atoms with E-state index in [-0.39, 0.29) is 10.8 Å². The molecular weight excluding hydrogens is 344 g/mol. The second kappa shape index (κ2) is 5.29. The van der Waals surface area contributed by atoms with Crippen LogP contribution in [0.3, 0.4) is 0 Å². The molecule has 124 valence electrons. The van der Waals surface area contributed by atoms with Gasteiger partial charge in [0.25, 0.3) is 0 Å². The Balaban J connectivity index is 1.74. The SMILES string of the molecule is CC(C)(C)c1nnc2n1N1C(=CSC1c1ccc(C(=O)O)cc1)S2. The molecule has 24 heavy (non-hydrogen) atoms. The maximum atomic E-state index is 11.1. The van der Waals surface area contributed by atoms with Crippen molar-refractivity contribution >= 4 is 29.5 Å². The topological polar surface area (TPSA) is 71.2 Å². The van der Waals surface area contributed by atoms with Crippen molar-refractivity contribution in [3.8, 4) is 0 Å². The lowest BCUT2D eigenvalue weighted by atomic mass is 9.96. The number of aromatic carboxylic acids is 1. The first-order chi connectivity index (χ1) is 11.4. The number of rotatable bonds is 2. The maximum absolute atomic E-state index is 11.1. The van der Waals surface area contributed by atoms with Gasteiger partial charge in [0, 0.05) is 10.8 Å². The van der Waals surface area contributed by atoms with Crippen LogP contribution in [-0.2, 0) is 5.41 Å². The predicted molar refractivity (Wildman–Crippen MR) is 94.6 cm³/mol. The van der Waals surface area contributed by atoms with Gasteiger partial charge in [-0.1, -0.05) is 44.7 Å². The summed E-state index contributed by atoms with van der Waals surface area (Å²) in [5, 5.41) is 24.1. The van der Waals surface area contributed by atoms with Gasteiger partial charge < -0.3 is 5.11 Å². The van der Waals surface area contributed by atoms with Gasteiger partial charge in [-0.15, -0.1) is 10.2 Å². The average Bonchev–Trinajstić information content (AvgIpc) is 3.16. The van der Waals surface area contributed by atoms with E-state index in [9.17, 15) is 4.79 Å². The van der Waals surface area contributed by atoms with Crippen molar-refractivity contribution in [3.05, 3.63) is 51.7 Å². The Bertz CT molecular complexity index is 852. The number of carbonyl (C=O) groups is 1. The molecule has 0 radical (unpaired) electrons. The Morgan fingerprint density at radius 3 is 2.54 bits per heavy atom. The van der Waals surface area contributed by atoms with Gasteiger partial charge in [-0.05, 0) is 29.5 Å². The molecule has 1 atom stereocenters. The molecule has 0 amide bonds. The largest absolute Gasteiger partial charge is 0.478 e. The number of hydrogen-bond acceptors (Lipinski definition) is 6. The van der Waals surface area contributed by atoms with Crippen LogP contribution in [-0.4, -0.2) is 25.9 Å². The molecule has 0 fully saturated rings. The van der Waals surface area contributed by atoms with Gasteiger partial charge in [0.15, 0.2) is 5.82 Å². The highest BCUT2D eigenvalue weighted by atomic mass is 32.2. The van der Waals surface area contributed by atoms with Crippen LogP contribution in [0.1, 0.15) is 47.9 Å². The van der Waals surface area contributed by atoms with Gasteiger partial charge in [0.2, 0.25) is 5.16 Å². The number of nitrogens with zero attached hydrogens (tertiary/aromatic N) is 4. The molecule has 0 saturated heterocycles.